The van der Waals surface area contributed by atoms with E-state index in [1.165, 1.54) is 0 Å². The molecule has 0 saturated heterocycles. The summed E-state index contributed by atoms with van der Waals surface area (Å²) in [5, 5.41) is 4.74. The van der Waals surface area contributed by atoms with Gasteiger partial charge in [-0.05, 0) is 72.5 Å². The van der Waals surface area contributed by atoms with E-state index >= 15 is 0 Å². The first-order valence-corrected chi connectivity index (χ1v) is 9.12. The van der Waals surface area contributed by atoms with E-state index in [1.807, 2.05) is 50.2 Å². The Balaban J connectivity index is 1.64. The second-order valence-corrected chi connectivity index (χ2v) is 6.77. The Hall–Kier alpha value is -3.18. The molecule has 6 heteroatoms. The maximum absolute atomic E-state index is 12.0. The van der Waals surface area contributed by atoms with Gasteiger partial charge in [0.25, 0.3) is 5.91 Å². The molecule has 28 heavy (non-hydrogen) atoms. The van der Waals surface area contributed by atoms with Gasteiger partial charge in [0, 0.05) is 23.0 Å². The van der Waals surface area contributed by atoms with Crippen molar-refractivity contribution >= 4 is 23.7 Å². The highest BCUT2D eigenvalue weighted by Gasteiger charge is 2.07. The molecule has 0 atom stereocenters. The molecule has 5 nitrogen and oxygen atoms in total. The number of benzene rings is 2. The minimum atomic E-state index is -0.282. The summed E-state index contributed by atoms with van der Waals surface area (Å²) in [5.41, 5.74) is 6.94. The second-order valence-electron chi connectivity index (χ2n) is 6.33. The molecule has 0 bridgehead atoms. The Morgan fingerprint density at radius 2 is 1.75 bits per heavy atom. The van der Waals surface area contributed by atoms with Crippen LogP contribution in [0.4, 0.5) is 0 Å². The van der Waals surface area contributed by atoms with Crippen molar-refractivity contribution in [3.8, 4) is 5.75 Å². The number of halogens is 1. The van der Waals surface area contributed by atoms with Gasteiger partial charge < -0.3 is 4.74 Å². The van der Waals surface area contributed by atoms with E-state index < -0.39 is 0 Å². The van der Waals surface area contributed by atoms with Crippen molar-refractivity contribution in [1.82, 2.24) is 10.4 Å². The van der Waals surface area contributed by atoms with Crippen molar-refractivity contribution in [3.63, 3.8) is 0 Å². The molecule has 2 aromatic carbocycles. The maximum Gasteiger partial charge on any atom is 0.271 e. The van der Waals surface area contributed by atoms with Gasteiger partial charge in [-0.2, -0.15) is 5.10 Å². The van der Waals surface area contributed by atoms with Crippen molar-refractivity contribution in [2.75, 3.05) is 0 Å². The van der Waals surface area contributed by atoms with Gasteiger partial charge in [-0.15, -0.1) is 0 Å². The lowest BCUT2D eigenvalue weighted by Crippen LogP contribution is -2.17. The minimum Gasteiger partial charge on any atom is -0.488 e. The molecule has 3 rings (SSSR count). The second kappa shape index (κ2) is 9.15. The van der Waals surface area contributed by atoms with Crippen LogP contribution in [-0.2, 0) is 6.61 Å². The predicted molar refractivity (Wildman–Crippen MR) is 111 cm³/mol. The summed E-state index contributed by atoms with van der Waals surface area (Å²) in [4.78, 5) is 15.9. The third kappa shape index (κ3) is 5.18. The highest BCUT2D eigenvalue weighted by atomic mass is 35.5. The molecule has 0 fully saturated rings. The molecule has 3 aromatic rings. The summed E-state index contributed by atoms with van der Waals surface area (Å²) in [6.45, 7) is 4.43. The minimum absolute atomic E-state index is 0.282. The molecule has 0 saturated carbocycles. The van der Waals surface area contributed by atoms with Crippen LogP contribution in [0.5, 0.6) is 5.75 Å². The zero-order valence-corrected chi connectivity index (χ0v) is 16.4. The molecule has 0 spiro atoms. The predicted octanol–water partition coefficient (Wildman–Crippen LogP) is 4.69. The number of ether oxygens (including phenoxy) is 1. The molecule has 0 aliphatic carbocycles. The summed E-state index contributed by atoms with van der Waals surface area (Å²) in [6, 6.07) is 14.8. The lowest BCUT2D eigenvalue weighted by Gasteiger charge is -2.13. The highest BCUT2D eigenvalue weighted by Crippen LogP contribution is 2.25. The number of pyridine rings is 1. The number of carbonyl (C=O) groups is 1. The van der Waals surface area contributed by atoms with Gasteiger partial charge in [0.1, 0.15) is 12.4 Å². The molecule has 1 amide bonds. The van der Waals surface area contributed by atoms with Crippen LogP contribution in [-0.4, -0.2) is 17.1 Å². The standard InChI is InChI=1S/C22H20ClN3O2/c1-15-11-18(13-25-26-22(27)19-7-9-24-10-8-19)12-16(2)21(15)28-14-17-3-5-20(23)6-4-17/h3-13H,14H2,1-2H3,(H,26,27)/b25-13-. The summed E-state index contributed by atoms with van der Waals surface area (Å²) in [6.07, 6.45) is 4.74. The fourth-order valence-corrected chi connectivity index (χ4v) is 2.88. The molecule has 0 aliphatic rings. The average Bonchev–Trinajstić information content (AvgIpc) is 2.69. The van der Waals surface area contributed by atoms with Gasteiger partial charge >= 0.3 is 0 Å². The summed E-state index contributed by atoms with van der Waals surface area (Å²) in [5.74, 6) is 0.558. The number of nitrogens with zero attached hydrogens (tertiary/aromatic N) is 2. The molecule has 0 aliphatic heterocycles. The number of hydrazone groups is 1. The van der Waals surface area contributed by atoms with Gasteiger partial charge in [-0.3, -0.25) is 9.78 Å². The average molecular weight is 394 g/mol. The van der Waals surface area contributed by atoms with Crippen LogP contribution in [0.1, 0.15) is 32.6 Å². The Morgan fingerprint density at radius 3 is 2.39 bits per heavy atom. The Bertz CT molecular complexity index is 963. The quantitative estimate of drug-likeness (QED) is 0.488. The summed E-state index contributed by atoms with van der Waals surface area (Å²) < 4.78 is 5.99. The number of hydrogen-bond acceptors (Lipinski definition) is 4. The smallest absolute Gasteiger partial charge is 0.271 e. The van der Waals surface area contributed by atoms with E-state index in [0.29, 0.717) is 17.2 Å². The number of rotatable bonds is 6. The van der Waals surface area contributed by atoms with E-state index in [2.05, 4.69) is 15.5 Å². The number of carbonyl (C=O) groups excluding carboxylic acids is 1. The van der Waals surface area contributed by atoms with Crippen LogP contribution >= 0.6 is 11.6 Å². The van der Waals surface area contributed by atoms with Crippen LogP contribution in [0, 0.1) is 13.8 Å². The van der Waals surface area contributed by atoms with Gasteiger partial charge in [0.2, 0.25) is 0 Å². The largest absolute Gasteiger partial charge is 0.488 e. The van der Waals surface area contributed by atoms with E-state index in [0.717, 1.165) is 28.0 Å². The molecule has 0 unspecified atom stereocenters. The van der Waals surface area contributed by atoms with Crippen molar-refractivity contribution in [2.45, 2.75) is 20.5 Å². The third-order valence-electron chi connectivity index (χ3n) is 4.10. The van der Waals surface area contributed by atoms with Crippen LogP contribution < -0.4 is 10.2 Å². The molecular weight excluding hydrogens is 374 g/mol. The van der Waals surface area contributed by atoms with Gasteiger partial charge in [-0.25, -0.2) is 5.43 Å². The van der Waals surface area contributed by atoms with Crippen LogP contribution in [0.2, 0.25) is 5.02 Å². The molecule has 1 aromatic heterocycles. The fraction of sp³-hybridized carbons (Fsp3) is 0.136. The maximum atomic E-state index is 12.0. The topological polar surface area (TPSA) is 63.6 Å². The van der Waals surface area contributed by atoms with Crippen molar-refractivity contribution in [1.29, 1.82) is 0 Å². The molecule has 1 N–H and O–H groups in total. The molecule has 142 valence electrons. The first kappa shape index (κ1) is 19.6. The monoisotopic (exact) mass is 393 g/mol. The zero-order valence-electron chi connectivity index (χ0n) is 15.6. The third-order valence-corrected chi connectivity index (χ3v) is 4.35. The van der Waals surface area contributed by atoms with E-state index in [1.54, 1.807) is 30.7 Å². The van der Waals surface area contributed by atoms with Crippen molar-refractivity contribution in [3.05, 3.63) is 93.8 Å². The molecular formula is C22H20ClN3O2. The molecule has 0 radical (unpaired) electrons. The number of nitrogens with one attached hydrogen (secondary N) is 1. The summed E-state index contributed by atoms with van der Waals surface area (Å²) in [7, 11) is 0. The van der Waals surface area contributed by atoms with E-state index in [9.17, 15) is 4.79 Å². The van der Waals surface area contributed by atoms with Crippen LogP contribution in [0.15, 0.2) is 66.0 Å². The lowest BCUT2D eigenvalue weighted by molar-refractivity contribution is 0.0955. The first-order valence-electron chi connectivity index (χ1n) is 8.75. The van der Waals surface area contributed by atoms with Crippen molar-refractivity contribution in [2.24, 2.45) is 5.10 Å². The van der Waals surface area contributed by atoms with Crippen LogP contribution in [0.3, 0.4) is 0 Å². The van der Waals surface area contributed by atoms with Gasteiger partial charge in [0.05, 0.1) is 6.21 Å². The van der Waals surface area contributed by atoms with Gasteiger partial charge in [-0.1, -0.05) is 23.7 Å². The fourth-order valence-electron chi connectivity index (χ4n) is 2.76. The lowest BCUT2D eigenvalue weighted by atomic mass is 10.1. The van der Waals surface area contributed by atoms with Crippen molar-refractivity contribution < 1.29 is 9.53 Å². The Labute approximate surface area is 169 Å². The zero-order chi connectivity index (χ0) is 19.9. The number of hydrogen-bond donors (Lipinski definition) is 1. The van der Waals surface area contributed by atoms with Gasteiger partial charge in [0.15, 0.2) is 0 Å². The normalized spacial score (nSPS) is 10.8. The first-order chi connectivity index (χ1) is 13.5. The number of aryl methyl sites for hydroxylation is 2. The van der Waals surface area contributed by atoms with Crippen LogP contribution in [0.25, 0.3) is 0 Å². The Kier molecular flexibility index (Phi) is 6.40. The van der Waals surface area contributed by atoms with E-state index in [-0.39, 0.29) is 5.91 Å². The number of aromatic nitrogens is 1. The summed E-state index contributed by atoms with van der Waals surface area (Å²) >= 11 is 5.91. The number of amides is 1. The Morgan fingerprint density at radius 1 is 1.11 bits per heavy atom. The highest BCUT2D eigenvalue weighted by molar-refractivity contribution is 6.30. The SMILES string of the molecule is Cc1cc(/C=N\NC(=O)c2ccncc2)cc(C)c1OCc1ccc(Cl)cc1. The van der Waals surface area contributed by atoms with E-state index in [4.69, 9.17) is 16.3 Å². The molecule has 1 heterocycles.